The van der Waals surface area contributed by atoms with E-state index >= 15 is 0 Å². The van der Waals surface area contributed by atoms with E-state index in [0.29, 0.717) is 20.9 Å². The van der Waals surface area contributed by atoms with Crippen LogP contribution in [0.15, 0.2) is 58.1 Å². The number of aryl methyl sites for hydroxylation is 2. The van der Waals surface area contributed by atoms with Gasteiger partial charge in [0, 0.05) is 22.0 Å². The number of thiophene rings is 1. The summed E-state index contributed by atoms with van der Waals surface area (Å²) in [6.45, 7) is 0.209. The molecule has 0 saturated heterocycles. The lowest BCUT2D eigenvalue weighted by molar-refractivity contribution is -0.384. The molecule has 0 bridgehead atoms. The Labute approximate surface area is 184 Å². The van der Waals surface area contributed by atoms with Crippen LogP contribution in [0, 0.1) is 10.1 Å². The second-order valence-electron chi connectivity index (χ2n) is 7.45. The Morgan fingerprint density at radius 1 is 1.03 bits per heavy atom. The van der Waals surface area contributed by atoms with Crippen LogP contribution in [0.2, 0.25) is 5.02 Å². The van der Waals surface area contributed by atoms with Gasteiger partial charge in [-0.1, -0.05) is 23.7 Å². The van der Waals surface area contributed by atoms with E-state index in [-0.39, 0.29) is 17.8 Å². The highest BCUT2D eigenvalue weighted by Gasteiger charge is 2.25. The number of nitro groups is 1. The van der Waals surface area contributed by atoms with Crippen LogP contribution in [-0.4, -0.2) is 14.1 Å². The van der Waals surface area contributed by atoms with E-state index in [4.69, 9.17) is 11.6 Å². The zero-order valence-electron chi connectivity index (χ0n) is 16.2. The third-order valence-corrected chi connectivity index (χ3v) is 7.13. The van der Waals surface area contributed by atoms with Crippen molar-refractivity contribution in [2.75, 3.05) is 0 Å². The van der Waals surface area contributed by atoms with Crippen LogP contribution in [0.3, 0.4) is 0 Å². The van der Waals surface area contributed by atoms with Gasteiger partial charge in [-0.05, 0) is 54.7 Å². The van der Waals surface area contributed by atoms with E-state index in [1.807, 2.05) is 0 Å². The highest BCUT2D eigenvalue weighted by Crippen LogP contribution is 2.35. The van der Waals surface area contributed by atoms with Crippen molar-refractivity contribution in [3.8, 4) is 5.69 Å². The third kappa shape index (κ3) is 3.28. The summed E-state index contributed by atoms with van der Waals surface area (Å²) in [5.74, 6) is 0. The SMILES string of the molecule is O=c1c2c3c(sc2n(Cc2ccc([N+](=O)[O-])cc2)c(=O)n1-c1ccc(Cl)cc1)CCC3. The van der Waals surface area contributed by atoms with Gasteiger partial charge >= 0.3 is 5.69 Å². The van der Waals surface area contributed by atoms with Crippen LogP contribution in [0.25, 0.3) is 15.9 Å². The van der Waals surface area contributed by atoms with Crippen molar-refractivity contribution in [1.82, 2.24) is 9.13 Å². The molecule has 156 valence electrons. The first-order valence-electron chi connectivity index (χ1n) is 9.73. The molecule has 0 aliphatic heterocycles. The van der Waals surface area contributed by atoms with Crippen LogP contribution in [0.5, 0.6) is 0 Å². The molecule has 0 fully saturated rings. The van der Waals surface area contributed by atoms with Crippen molar-refractivity contribution in [3.63, 3.8) is 0 Å². The molecular weight excluding hydrogens is 438 g/mol. The number of halogens is 1. The minimum Gasteiger partial charge on any atom is -0.280 e. The van der Waals surface area contributed by atoms with Gasteiger partial charge in [-0.25, -0.2) is 9.36 Å². The number of benzene rings is 2. The smallest absolute Gasteiger partial charge is 0.280 e. The van der Waals surface area contributed by atoms with Gasteiger partial charge in [-0.2, -0.15) is 0 Å². The molecule has 0 spiro atoms. The maximum absolute atomic E-state index is 13.5. The average Bonchev–Trinajstić information content (AvgIpc) is 3.34. The fraction of sp³-hybridized carbons (Fsp3) is 0.182. The number of hydrogen-bond acceptors (Lipinski definition) is 5. The summed E-state index contributed by atoms with van der Waals surface area (Å²) in [6, 6.07) is 12.7. The Morgan fingerprint density at radius 3 is 2.42 bits per heavy atom. The number of fused-ring (bicyclic) bond motifs is 3. The Hall–Kier alpha value is -3.23. The van der Waals surface area contributed by atoms with Gasteiger partial charge in [0.1, 0.15) is 4.83 Å². The lowest BCUT2D eigenvalue weighted by Gasteiger charge is -2.13. The topological polar surface area (TPSA) is 87.1 Å². The zero-order chi connectivity index (χ0) is 21.7. The van der Waals surface area contributed by atoms with Gasteiger partial charge in [0.15, 0.2) is 0 Å². The Morgan fingerprint density at radius 2 is 1.74 bits per heavy atom. The van der Waals surface area contributed by atoms with E-state index in [0.717, 1.165) is 35.3 Å². The van der Waals surface area contributed by atoms with E-state index < -0.39 is 10.6 Å². The predicted molar refractivity (Wildman–Crippen MR) is 121 cm³/mol. The number of nitrogens with zero attached hydrogens (tertiary/aromatic N) is 3. The summed E-state index contributed by atoms with van der Waals surface area (Å²) in [6.07, 6.45) is 2.72. The second-order valence-corrected chi connectivity index (χ2v) is 8.97. The molecule has 31 heavy (non-hydrogen) atoms. The minimum atomic E-state index is -0.460. The number of rotatable bonds is 4. The standard InChI is InChI=1S/C22H16ClN3O4S/c23-14-6-10-15(11-7-14)25-20(27)19-17-2-1-3-18(17)31-21(19)24(22(25)28)12-13-4-8-16(9-5-13)26(29)30/h4-11H,1-3,12H2. The fourth-order valence-corrected chi connectivity index (χ4v) is 5.57. The minimum absolute atomic E-state index is 0.0116. The first-order valence-corrected chi connectivity index (χ1v) is 10.9. The summed E-state index contributed by atoms with van der Waals surface area (Å²) in [4.78, 5) is 39.2. The van der Waals surface area contributed by atoms with Crippen molar-refractivity contribution >= 4 is 38.8 Å². The summed E-state index contributed by atoms with van der Waals surface area (Å²) < 4.78 is 2.78. The van der Waals surface area contributed by atoms with E-state index in [2.05, 4.69) is 0 Å². The number of non-ortho nitro benzene ring substituents is 1. The third-order valence-electron chi connectivity index (χ3n) is 5.56. The Balaban J connectivity index is 1.75. The van der Waals surface area contributed by atoms with Crippen molar-refractivity contribution < 1.29 is 4.92 Å². The maximum atomic E-state index is 13.5. The van der Waals surface area contributed by atoms with Crippen LogP contribution in [0.4, 0.5) is 5.69 Å². The van der Waals surface area contributed by atoms with Crippen molar-refractivity contribution in [2.24, 2.45) is 0 Å². The number of hydrogen-bond donors (Lipinski definition) is 0. The molecule has 0 unspecified atom stereocenters. The van der Waals surface area contributed by atoms with Gasteiger partial charge in [-0.3, -0.25) is 19.5 Å². The van der Waals surface area contributed by atoms with Crippen molar-refractivity contribution in [3.05, 3.63) is 101 Å². The monoisotopic (exact) mass is 453 g/mol. The molecule has 2 heterocycles. The number of nitro benzene ring substituents is 1. The largest absolute Gasteiger partial charge is 0.337 e. The van der Waals surface area contributed by atoms with Gasteiger partial charge in [0.25, 0.3) is 11.2 Å². The van der Waals surface area contributed by atoms with E-state index in [9.17, 15) is 19.7 Å². The van der Waals surface area contributed by atoms with Gasteiger partial charge < -0.3 is 0 Å². The average molecular weight is 454 g/mol. The first kappa shape index (κ1) is 19.7. The Kier molecular flexibility index (Phi) is 4.75. The summed E-state index contributed by atoms with van der Waals surface area (Å²) in [5, 5.41) is 12.1. The lowest BCUT2D eigenvalue weighted by atomic mass is 10.2. The molecule has 0 atom stereocenters. The van der Waals surface area contributed by atoms with Gasteiger partial charge in [0.05, 0.1) is 22.5 Å². The summed E-state index contributed by atoms with van der Waals surface area (Å²) in [7, 11) is 0. The summed E-state index contributed by atoms with van der Waals surface area (Å²) in [5.41, 5.74) is 1.45. The van der Waals surface area contributed by atoms with Crippen LogP contribution in [-0.2, 0) is 19.4 Å². The van der Waals surface area contributed by atoms with Crippen LogP contribution >= 0.6 is 22.9 Å². The van der Waals surface area contributed by atoms with E-state index in [1.54, 1.807) is 41.0 Å². The fourth-order valence-electron chi connectivity index (χ4n) is 4.07. The Bertz CT molecular complexity index is 1450. The molecule has 5 rings (SSSR count). The molecule has 0 amide bonds. The molecule has 9 heteroatoms. The highest BCUT2D eigenvalue weighted by molar-refractivity contribution is 7.18. The van der Waals surface area contributed by atoms with Crippen LogP contribution < -0.4 is 11.2 Å². The molecular formula is C22H16ClN3O4S. The zero-order valence-corrected chi connectivity index (χ0v) is 17.8. The normalized spacial score (nSPS) is 12.9. The van der Waals surface area contributed by atoms with Crippen LogP contribution in [0.1, 0.15) is 22.4 Å². The quantitative estimate of drug-likeness (QED) is 0.340. The first-order chi connectivity index (χ1) is 14.9. The summed E-state index contributed by atoms with van der Waals surface area (Å²) >= 11 is 7.48. The molecule has 7 nitrogen and oxygen atoms in total. The molecule has 1 aliphatic carbocycles. The predicted octanol–water partition coefficient (Wildman–Crippen LogP) is 4.31. The lowest BCUT2D eigenvalue weighted by Crippen LogP contribution is -2.39. The molecule has 0 radical (unpaired) electrons. The van der Waals surface area contributed by atoms with Gasteiger partial charge in [0.2, 0.25) is 0 Å². The molecule has 0 saturated carbocycles. The second kappa shape index (κ2) is 7.47. The highest BCUT2D eigenvalue weighted by atomic mass is 35.5. The van der Waals surface area contributed by atoms with Crippen molar-refractivity contribution in [1.29, 1.82) is 0 Å². The van der Waals surface area contributed by atoms with Crippen molar-refractivity contribution in [2.45, 2.75) is 25.8 Å². The molecule has 4 aromatic rings. The molecule has 1 aliphatic rings. The van der Waals surface area contributed by atoms with E-state index in [1.165, 1.54) is 28.0 Å². The molecule has 2 aromatic heterocycles. The molecule has 0 N–H and O–H groups in total. The van der Waals surface area contributed by atoms with Gasteiger partial charge in [-0.15, -0.1) is 11.3 Å². The maximum Gasteiger partial charge on any atom is 0.337 e. The number of aromatic nitrogens is 2. The molecule has 2 aromatic carbocycles.